The number of nitrogens with one attached hydrogen (secondary N) is 1. The van der Waals surface area contributed by atoms with Crippen molar-refractivity contribution in [2.75, 3.05) is 6.54 Å². The molecule has 5 nitrogen and oxygen atoms in total. The number of nitrogens with zero attached hydrogens (tertiary/aromatic N) is 1. The zero-order valence-corrected chi connectivity index (χ0v) is 11.4. The normalized spacial score (nSPS) is 17.5. The molecule has 3 N–H and O–H groups in total. The highest BCUT2D eigenvalue weighted by molar-refractivity contribution is 7.88. The second-order valence-corrected chi connectivity index (χ2v) is 6.87. The van der Waals surface area contributed by atoms with Crippen LogP contribution in [0.25, 0.3) is 0 Å². The van der Waals surface area contributed by atoms with Crippen LogP contribution in [0.15, 0.2) is 24.3 Å². The van der Waals surface area contributed by atoms with E-state index < -0.39 is 10.0 Å². The van der Waals surface area contributed by atoms with Gasteiger partial charge in [0, 0.05) is 12.1 Å². The number of hydrogen-bond donors (Lipinski definition) is 2. The van der Waals surface area contributed by atoms with Gasteiger partial charge in [0.15, 0.2) is 0 Å². The molecule has 1 aromatic carbocycles. The summed E-state index contributed by atoms with van der Waals surface area (Å²) in [5, 5.41) is 8.94. The molecular formula is C13H17N3O2S. The zero-order valence-electron chi connectivity index (χ0n) is 10.6. The first-order valence-electron chi connectivity index (χ1n) is 6.18. The van der Waals surface area contributed by atoms with E-state index in [0.29, 0.717) is 11.1 Å². The molecule has 0 unspecified atom stereocenters. The van der Waals surface area contributed by atoms with Crippen molar-refractivity contribution in [2.45, 2.75) is 30.6 Å². The summed E-state index contributed by atoms with van der Waals surface area (Å²) in [5.74, 6) is -0.188. The smallest absolute Gasteiger partial charge is 0.215 e. The summed E-state index contributed by atoms with van der Waals surface area (Å²) < 4.78 is 26.5. The summed E-state index contributed by atoms with van der Waals surface area (Å²) >= 11 is 0. The Labute approximate surface area is 113 Å². The van der Waals surface area contributed by atoms with E-state index in [-0.39, 0.29) is 17.8 Å². The first-order valence-corrected chi connectivity index (χ1v) is 7.84. The van der Waals surface area contributed by atoms with E-state index in [2.05, 4.69) is 4.72 Å². The standard InChI is InChI=1S/C13H17N3O2S/c14-8-11-4-1-2-5-12(11)9-19(17,18)16-10-13(15)6-3-7-13/h1-2,4-5,16H,3,6-7,9-10,15H2. The second kappa shape index (κ2) is 5.29. The fraction of sp³-hybridized carbons (Fsp3) is 0.462. The van der Waals surface area contributed by atoms with Crippen molar-refractivity contribution in [2.24, 2.45) is 5.73 Å². The van der Waals surface area contributed by atoms with Gasteiger partial charge in [-0.3, -0.25) is 0 Å². The van der Waals surface area contributed by atoms with Crippen molar-refractivity contribution >= 4 is 10.0 Å². The fourth-order valence-electron chi connectivity index (χ4n) is 2.07. The van der Waals surface area contributed by atoms with Gasteiger partial charge in [0.25, 0.3) is 0 Å². The van der Waals surface area contributed by atoms with Crippen molar-refractivity contribution < 1.29 is 8.42 Å². The van der Waals surface area contributed by atoms with E-state index in [1.54, 1.807) is 24.3 Å². The Morgan fingerprint density at radius 2 is 2.05 bits per heavy atom. The van der Waals surface area contributed by atoms with Crippen LogP contribution in [0.2, 0.25) is 0 Å². The summed E-state index contributed by atoms with van der Waals surface area (Å²) in [4.78, 5) is 0. The van der Waals surface area contributed by atoms with Crippen LogP contribution in [-0.4, -0.2) is 20.5 Å². The monoisotopic (exact) mass is 279 g/mol. The number of nitrogens with two attached hydrogens (primary N) is 1. The molecule has 0 spiro atoms. The lowest BCUT2D eigenvalue weighted by molar-refractivity contribution is 0.251. The Morgan fingerprint density at radius 3 is 2.63 bits per heavy atom. The largest absolute Gasteiger partial charge is 0.324 e. The second-order valence-electron chi connectivity index (χ2n) is 5.07. The van der Waals surface area contributed by atoms with E-state index in [4.69, 9.17) is 11.0 Å². The van der Waals surface area contributed by atoms with Gasteiger partial charge in [-0.05, 0) is 30.9 Å². The molecule has 1 aliphatic rings. The number of sulfonamides is 1. The van der Waals surface area contributed by atoms with Crippen LogP contribution in [-0.2, 0) is 15.8 Å². The van der Waals surface area contributed by atoms with Crippen molar-refractivity contribution in [1.82, 2.24) is 4.72 Å². The van der Waals surface area contributed by atoms with Gasteiger partial charge >= 0.3 is 0 Å². The number of benzene rings is 1. The highest BCUT2D eigenvalue weighted by Crippen LogP contribution is 2.28. The maximum absolute atomic E-state index is 12.0. The summed E-state index contributed by atoms with van der Waals surface area (Å²) in [7, 11) is -3.46. The molecule has 19 heavy (non-hydrogen) atoms. The minimum Gasteiger partial charge on any atom is -0.324 e. The van der Waals surface area contributed by atoms with Crippen molar-refractivity contribution in [3.63, 3.8) is 0 Å². The summed E-state index contributed by atoms with van der Waals surface area (Å²) in [6, 6.07) is 8.70. The minimum absolute atomic E-state index is 0.188. The summed E-state index contributed by atoms with van der Waals surface area (Å²) in [5.41, 5.74) is 6.49. The van der Waals surface area contributed by atoms with E-state index in [9.17, 15) is 8.42 Å². The lowest BCUT2D eigenvalue weighted by atomic mass is 9.78. The Hall–Kier alpha value is -1.42. The van der Waals surface area contributed by atoms with E-state index in [0.717, 1.165) is 19.3 Å². The third-order valence-electron chi connectivity index (χ3n) is 3.48. The molecule has 0 heterocycles. The molecule has 102 valence electrons. The molecule has 0 aliphatic heterocycles. The van der Waals surface area contributed by atoms with Gasteiger partial charge < -0.3 is 5.73 Å². The SMILES string of the molecule is N#Cc1ccccc1CS(=O)(=O)NCC1(N)CCC1. The van der Waals surface area contributed by atoms with Crippen LogP contribution >= 0.6 is 0 Å². The molecule has 0 saturated heterocycles. The Bertz CT molecular complexity index is 601. The van der Waals surface area contributed by atoms with Crippen LogP contribution in [0.3, 0.4) is 0 Å². The van der Waals surface area contributed by atoms with Gasteiger partial charge in [-0.2, -0.15) is 5.26 Å². The number of rotatable bonds is 5. The van der Waals surface area contributed by atoms with E-state index in [1.165, 1.54) is 0 Å². The first-order chi connectivity index (χ1) is 8.94. The van der Waals surface area contributed by atoms with Crippen molar-refractivity contribution in [3.05, 3.63) is 35.4 Å². The topological polar surface area (TPSA) is 96.0 Å². The van der Waals surface area contributed by atoms with Crippen LogP contribution in [0.1, 0.15) is 30.4 Å². The maximum Gasteiger partial charge on any atom is 0.215 e. The number of hydrogen-bond acceptors (Lipinski definition) is 4. The van der Waals surface area contributed by atoms with Crippen LogP contribution in [0, 0.1) is 11.3 Å². The zero-order chi connectivity index (χ0) is 13.9. The average Bonchev–Trinajstić information content (AvgIpc) is 2.34. The van der Waals surface area contributed by atoms with Gasteiger partial charge in [-0.25, -0.2) is 13.1 Å². The maximum atomic E-state index is 12.0. The molecule has 0 atom stereocenters. The predicted octanol–water partition coefficient (Wildman–Crippen LogP) is 0.859. The lowest BCUT2D eigenvalue weighted by Crippen LogP contribution is -2.55. The Kier molecular flexibility index (Phi) is 3.90. The Morgan fingerprint density at radius 1 is 1.37 bits per heavy atom. The average molecular weight is 279 g/mol. The van der Waals surface area contributed by atoms with Gasteiger partial charge in [0.2, 0.25) is 10.0 Å². The highest BCUT2D eigenvalue weighted by Gasteiger charge is 2.33. The molecule has 6 heteroatoms. The molecule has 1 saturated carbocycles. The third-order valence-corrected chi connectivity index (χ3v) is 4.75. The van der Waals surface area contributed by atoms with Crippen LogP contribution < -0.4 is 10.5 Å². The van der Waals surface area contributed by atoms with Crippen molar-refractivity contribution in [3.8, 4) is 6.07 Å². The minimum atomic E-state index is -3.46. The molecule has 1 aliphatic carbocycles. The van der Waals surface area contributed by atoms with Gasteiger partial charge in [-0.1, -0.05) is 18.2 Å². The molecule has 2 rings (SSSR count). The van der Waals surface area contributed by atoms with Crippen LogP contribution in [0.4, 0.5) is 0 Å². The molecule has 0 aromatic heterocycles. The molecule has 0 amide bonds. The first kappa shape index (κ1) is 14.0. The van der Waals surface area contributed by atoms with Crippen molar-refractivity contribution in [1.29, 1.82) is 5.26 Å². The molecule has 0 radical (unpaired) electrons. The van der Waals surface area contributed by atoms with Gasteiger partial charge in [0.05, 0.1) is 17.4 Å². The Balaban J connectivity index is 2.03. The molecular weight excluding hydrogens is 262 g/mol. The van der Waals surface area contributed by atoms with Gasteiger partial charge in [-0.15, -0.1) is 0 Å². The predicted molar refractivity (Wildman–Crippen MR) is 72.6 cm³/mol. The quantitative estimate of drug-likeness (QED) is 0.835. The highest BCUT2D eigenvalue weighted by atomic mass is 32.2. The lowest BCUT2D eigenvalue weighted by Gasteiger charge is -2.38. The van der Waals surface area contributed by atoms with E-state index in [1.807, 2.05) is 6.07 Å². The van der Waals surface area contributed by atoms with Crippen LogP contribution in [0.5, 0.6) is 0 Å². The fourth-order valence-corrected chi connectivity index (χ4v) is 3.34. The van der Waals surface area contributed by atoms with E-state index >= 15 is 0 Å². The molecule has 0 bridgehead atoms. The molecule has 1 fully saturated rings. The summed E-state index contributed by atoms with van der Waals surface area (Å²) in [6.45, 7) is 0.268. The third kappa shape index (κ3) is 3.53. The van der Waals surface area contributed by atoms with Gasteiger partial charge in [0.1, 0.15) is 0 Å². The molecule has 1 aromatic rings. The summed E-state index contributed by atoms with van der Waals surface area (Å²) in [6.07, 6.45) is 2.75. The number of nitriles is 1.